The van der Waals surface area contributed by atoms with E-state index < -0.39 is 0 Å². The molecule has 0 spiro atoms. The minimum Gasteiger partial charge on any atom is -0.397 e. The third kappa shape index (κ3) is 2.32. The topological polar surface area (TPSA) is 58.4 Å². The number of carbonyl (C=O) groups excluding carboxylic acids is 1. The summed E-state index contributed by atoms with van der Waals surface area (Å²) in [6.45, 7) is 5.59. The SMILES string of the molecule is CCNC(=O)c1sc(N(C)CC)c(C2CC2)c1N. The highest BCUT2D eigenvalue weighted by molar-refractivity contribution is 7.18. The quantitative estimate of drug-likeness (QED) is 0.861. The number of rotatable bonds is 5. The molecular formula is C13H21N3OS. The number of carbonyl (C=O) groups is 1. The molecule has 18 heavy (non-hydrogen) atoms. The zero-order valence-corrected chi connectivity index (χ0v) is 12.1. The zero-order valence-electron chi connectivity index (χ0n) is 11.2. The molecular weight excluding hydrogens is 246 g/mol. The van der Waals surface area contributed by atoms with E-state index >= 15 is 0 Å². The fraction of sp³-hybridized carbons (Fsp3) is 0.615. The van der Waals surface area contributed by atoms with Crippen LogP contribution in [0.15, 0.2) is 0 Å². The Kier molecular flexibility index (Phi) is 3.80. The van der Waals surface area contributed by atoms with Crippen LogP contribution in [-0.4, -0.2) is 26.0 Å². The van der Waals surface area contributed by atoms with E-state index in [1.807, 2.05) is 6.92 Å². The van der Waals surface area contributed by atoms with Gasteiger partial charge in [-0.1, -0.05) is 0 Å². The summed E-state index contributed by atoms with van der Waals surface area (Å²) in [5, 5.41) is 4.00. The van der Waals surface area contributed by atoms with Gasteiger partial charge in [-0.15, -0.1) is 11.3 Å². The van der Waals surface area contributed by atoms with E-state index in [0.717, 1.165) is 6.54 Å². The first-order valence-corrected chi connectivity index (χ1v) is 7.33. The van der Waals surface area contributed by atoms with Crippen LogP contribution < -0.4 is 16.0 Å². The Bertz CT molecular complexity index is 451. The zero-order chi connectivity index (χ0) is 13.3. The highest BCUT2D eigenvalue weighted by Crippen LogP contribution is 2.51. The Labute approximate surface area is 112 Å². The molecule has 4 nitrogen and oxygen atoms in total. The Morgan fingerprint density at radius 3 is 2.67 bits per heavy atom. The van der Waals surface area contributed by atoms with Crippen molar-refractivity contribution in [3.8, 4) is 0 Å². The van der Waals surface area contributed by atoms with Crippen molar-refractivity contribution in [2.75, 3.05) is 30.8 Å². The fourth-order valence-corrected chi connectivity index (χ4v) is 3.30. The van der Waals surface area contributed by atoms with E-state index in [1.165, 1.54) is 34.7 Å². The Balaban J connectivity index is 2.40. The van der Waals surface area contributed by atoms with Crippen LogP contribution in [0.2, 0.25) is 0 Å². The summed E-state index contributed by atoms with van der Waals surface area (Å²) in [5.74, 6) is 0.520. The summed E-state index contributed by atoms with van der Waals surface area (Å²) < 4.78 is 0. The monoisotopic (exact) mass is 267 g/mol. The van der Waals surface area contributed by atoms with Crippen LogP contribution in [0, 0.1) is 0 Å². The van der Waals surface area contributed by atoms with E-state index in [4.69, 9.17) is 5.73 Å². The molecule has 0 bridgehead atoms. The lowest BCUT2D eigenvalue weighted by Gasteiger charge is -2.16. The van der Waals surface area contributed by atoms with Gasteiger partial charge in [-0.2, -0.15) is 0 Å². The minimum atomic E-state index is -0.0438. The van der Waals surface area contributed by atoms with Crippen LogP contribution in [-0.2, 0) is 0 Å². The van der Waals surface area contributed by atoms with Gasteiger partial charge in [0, 0.05) is 25.7 Å². The molecule has 2 rings (SSSR count). The van der Waals surface area contributed by atoms with E-state index in [-0.39, 0.29) is 5.91 Å². The van der Waals surface area contributed by atoms with E-state index in [9.17, 15) is 4.79 Å². The molecule has 0 unspecified atom stereocenters. The molecule has 0 atom stereocenters. The van der Waals surface area contributed by atoms with E-state index in [2.05, 4.69) is 24.2 Å². The van der Waals surface area contributed by atoms with Gasteiger partial charge in [-0.25, -0.2) is 0 Å². The van der Waals surface area contributed by atoms with Gasteiger partial charge in [-0.3, -0.25) is 4.79 Å². The van der Waals surface area contributed by atoms with E-state index in [0.29, 0.717) is 23.0 Å². The number of anilines is 2. The van der Waals surface area contributed by atoms with Gasteiger partial charge >= 0.3 is 0 Å². The molecule has 0 saturated heterocycles. The molecule has 1 fully saturated rings. The fourth-order valence-electron chi connectivity index (χ4n) is 2.05. The normalized spacial score (nSPS) is 14.6. The lowest BCUT2D eigenvalue weighted by Crippen LogP contribution is -2.22. The van der Waals surface area contributed by atoms with Gasteiger partial charge in [0.1, 0.15) is 4.88 Å². The van der Waals surface area contributed by atoms with Crippen molar-refractivity contribution in [2.24, 2.45) is 0 Å². The standard InChI is InChI=1S/C13H21N3OS/c1-4-15-12(17)11-10(14)9(8-6-7-8)13(18-11)16(3)5-2/h8H,4-7,14H2,1-3H3,(H,15,17). The predicted octanol–water partition coefficient (Wildman–Crippen LogP) is 2.41. The van der Waals surface area contributed by atoms with Crippen LogP contribution in [0.25, 0.3) is 0 Å². The van der Waals surface area contributed by atoms with Gasteiger partial charge in [0.25, 0.3) is 5.91 Å². The highest BCUT2D eigenvalue weighted by atomic mass is 32.1. The first-order valence-electron chi connectivity index (χ1n) is 6.51. The lowest BCUT2D eigenvalue weighted by atomic mass is 10.1. The number of amides is 1. The minimum absolute atomic E-state index is 0.0438. The summed E-state index contributed by atoms with van der Waals surface area (Å²) in [6.07, 6.45) is 2.39. The van der Waals surface area contributed by atoms with Crippen molar-refractivity contribution in [3.63, 3.8) is 0 Å². The molecule has 0 radical (unpaired) electrons. The van der Waals surface area contributed by atoms with Crippen molar-refractivity contribution in [2.45, 2.75) is 32.6 Å². The second kappa shape index (κ2) is 5.18. The average Bonchev–Trinajstić information content (AvgIpc) is 3.12. The van der Waals surface area contributed by atoms with Gasteiger partial charge in [0.05, 0.1) is 10.7 Å². The van der Waals surface area contributed by atoms with Crippen molar-refractivity contribution in [1.82, 2.24) is 5.32 Å². The van der Waals surface area contributed by atoms with Crippen LogP contribution in [0.4, 0.5) is 10.7 Å². The van der Waals surface area contributed by atoms with Crippen molar-refractivity contribution < 1.29 is 4.79 Å². The molecule has 1 aliphatic carbocycles. The first-order chi connectivity index (χ1) is 8.60. The van der Waals surface area contributed by atoms with Gasteiger partial charge in [0.15, 0.2) is 0 Å². The number of nitrogens with two attached hydrogens (primary N) is 1. The lowest BCUT2D eigenvalue weighted by molar-refractivity contribution is 0.0960. The number of thiophene rings is 1. The molecule has 0 aliphatic heterocycles. The summed E-state index contributed by atoms with van der Waals surface area (Å²) in [6, 6.07) is 0. The van der Waals surface area contributed by atoms with Gasteiger partial charge in [0.2, 0.25) is 0 Å². The maximum atomic E-state index is 12.0. The highest BCUT2D eigenvalue weighted by Gasteiger charge is 2.33. The Hall–Kier alpha value is -1.23. The smallest absolute Gasteiger partial charge is 0.263 e. The third-order valence-corrected chi connectivity index (χ3v) is 4.65. The summed E-state index contributed by atoms with van der Waals surface area (Å²) in [5.41, 5.74) is 8.09. The second-order valence-corrected chi connectivity index (χ2v) is 5.71. The van der Waals surface area contributed by atoms with Crippen molar-refractivity contribution in [1.29, 1.82) is 0 Å². The Morgan fingerprint density at radius 2 is 2.17 bits per heavy atom. The van der Waals surface area contributed by atoms with Crippen LogP contribution >= 0.6 is 11.3 Å². The van der Waals surface area contributed by atoms with Crippen LogP contribution in [0.5, 0.6) is 0 Å². The van der Waals surface area contributed by atoms with Gasteiger partial charge in [-0.05, 0) is 32.6 Å². The number of nitrogens with one attached hydrogen (secondary N) is 1. The van der Waals surface area contributed by atoms with Crippen molar-refractivity contribution in [3.05, 3.63) is 10.4 Å². The summed E-state index contributed by atoms with van der Waals surface area (Å²) in [4.78, 5) is 14.8. The number of nitrogens with zero attached hydrogens (tertiary/aromatic N) is 1. The number of hydrogen-bond acceptors (Lipinski definition) is 4. The molecule has 3 N–H and O–H groups in total. The predicted molar refractivity (Wildman–Crippen MR) is 77.7 cm³/mol. The molecule has 0 aromatic carbocycles. The van der Waals surface area contributed by atoms with Crippen molar-refractivity contribution >= 4 is 27.9 Å². The van der Waals surface area contributed by atoms with Crippen LogP contribution in [0.3, 0.4) is 0 Å². The summed E-state index contributed by atoms with van der Waals surface area (Å²) in [7, 11) is 2.05. The number of hydrogen-bond donors (Lipinski definition) is 2. The molecule has 100 valence electrons. The number of nitrogen functional groups attached to an aromatic ring is 1. The molecule has 1 aromatic heterocycles. The first kappa shape index (κ1) is 13.2. The molecule has 5 heteroatoms. The van der Waals surface area contributed by atoms with E-state index in [1.54, 1.807) is 0 Å². The average molecular weight is 267 g/mol. The molecule has 1 aromatic rings. The molecule has 1 aliphatic rings. The third-order valence-electron chi connectivity index (χ3n) is 3.31. The van der Waals surface area contributed by atoms with Crippen LogP contribution in [0.1, 0.15) is 47.8 Å². The second-order valence-electron chi connectivity index (χ2n) is 4.71. The Morgan fingerprint density at radius 1 is 1.50 bits per heavy atom. The maximum absolute atomic E-state index is 12.0. The largest absolute Gasteiger partial charge is 0.397 e. The molecule has 1 heterocycles. The molecule has 1 amide bonds. The molecule has 1 saturated carbocycles. The maximum Gasteiger partial charge on any atom is 0.263 e. The summed E-state index contributed by atoms with van der Waals surface area (Å²) >= 11 is 1.52. The van der Waals surface area contributed by atoms with Gasteiger partial charge < -0.3 is 16.0 Å².